The molecule has 0 atom stereocenters. The Morgan fingerprint density at radius 1 is 0.958 bits per heavy atom. The molecule has 0 heterocycles. The van der Waals surface area contributed by atoms with E-state index in [0.717, 1.165) is 0 Å². The van der Waals surface area contributed by atoms with Gasteiger partial charge in [0.2, 0.25) is 0 Å². The number of benzene rings is 2. The van der Waals surface area contributed by atoms with Crippen molar-refractivity contribution in [3.05, 3.63) is 52.1 Å². The molecule has 126 valence electrons. The third-order valence-electron chi connectivity index (χ3n) is 3.26. The van der Waals surface area contributed by atoms with Gasteiger partial charge in [0, 0.05) is 11.6 Å². The highest BCUT2D eigenvalue weighted by Gasteiger charge is 2.18. The number of methoxy groups -OCH3 is 3. The first-order valence-electron chi connectivity index (χ1n) is 6.85. The number of nitro groups is 1. The maximum atomic E-state index is 12.4. The number of ether oxygens (including phenoxy) is 3. The summed E-state index contributed by atoms with van der Waals surface area (Å²) in [6.45, 7) is 0. The van der Waals surface area contributed by atoms with Gasteiger partial charge in [-0.15, -0.1) is 0 Å². The van der Waals surface area contributed by atoms with Crippen LogP contribution in [0.4, 0.5) is 11.4 Å². The standard InChI is InChI=1S/C16H16N2O6/c1-22-11-4-5-14(15(9-11)18(20)21)17-16(19)10-6-12(23-2)8-13(7-10)24-3/h4-9H,1-3H3,(H,17,19). The number of nitrogens with zero attached hydrogens (tertiary/aromatic N) is 1. The summed E-state index contributed by atoms with van der Waals surface area (Å²) < 4.78 is 15.2. The van der Waals surface area contributed by atoms with Gasteiger partial charge in [0.15, 0.2) is 0 Å². The minimum atomic E-state index is -0.593. The fraction of sp³-hybridized carbons (Fsp3) is 0.188. The summed E-state index contributed by atoms with van der Waals surface area (Å²) in [5.74, 6) is 0.663. The molecule has 8 nitrogen and oxygen atoms in total. The van der Waals surface area contributed by atoms with Crippen molar-refractivity contribution in [1.29, 1.82) is 0 Å². The predicted molar refractivity (Wildman–Crippen MR) is 87.1 cm³/mol. The van der Waals surface area contributed by atoms with Crippen LogP contribution < -0.4 is 19.5 Å². The molecule has 1 N–H and O–H groups in total. The molecule has 0 aliphatic carbocycles. The molecule has 0 fully saturated rings. The summed E-state index contributed by atoms with van der Waals surface area (Å²) >= 11 is 0. The Hall–Kier alpha value is -3.29. The smallest absolute Gasteiger partial charge is 0.296 e. The molecule has 0 unspecified atom stereocenters. The summed E-state index contributed by atoms with van der Waals surface area (Å²) in [7, 11) is 4.33. The summed E-state index contributed by atoms with van der Waals surface area (Å²) in [5, 5.41) is 13.7. The molecule has 2 rings (SSSR count). The van der Waals surface area contributed by atoms with Gasteiger partial charge in [0.05, 0.1) is 32.3 Å². The summed E-state index contributed by atoms with van der Waals surface area (Å²) in [6.07, 6.45) is 0. The number of rotatable bonds is 6. The van der Waals surface area contributed by atoms with Crippen molar-refractivity contribution >= 4 is 17.3 Å². The van der Waals surface area contributed by atoms with E-state index < -0.39 is 10.8 Å². The van der Waals surface area contributed by atoms with Crippen LogP contribution in [0.5, 0.6) is 17.2 Å². The lowest BCUT2D eigenvalue weighted by Crippen LogP contribution is -2.13. The van der Waals surface area contributed by atoms with Crippen molar-refractivity contribution in [3.63, 3.8) is 0 Å². The number of amides is 1. The average molecular weight is 332 g/mol. The van der Waals surface area contributed by atoms with Gasteiger partial charge in [-0.25, -0.2) is 0 Å². The average Bonchev–Trinajstić information content (AvgIpc) is 2.61. The van der Waals surface area contributed by atoms with Crippen LogP contribution >= 0.6 is 0 Å². The zero-order chi connectivity index (χ0) is 17.7. The van der Waals surface area contributed by atoms with E-state index in [-0.39, 0.29) is 16.9 Å². The molecule has 0 aliphatic rings. The molecular formula is C16H16N2O6. The van der Waals surface area contributed by atoms with Crippen molar-refractivity contribution < 1.29 is 23.9 Å². The fourth-order valence-electron chi connectivity index (χ4n) is 2.03. The van der Waals surface area contributed by atoms with Crippen LogP contribution in [0.15, 0.2) is 36.4 Å². The number of carbonyl (C=O) groups is 1. The van der Waals surface area contributed by atoms with E-state index in [0.29, 0.717) is 17.2 Å². The Kier molecular flexibility index (Phi) is 5.20. The second kappa shape index (κ2) is 7.32. The van der Waals surface area contributed by atoms with Crippen LogP contribution in [0.1, 0.15) is 10.4 Å². The third-order valence-corrected chi connectivity index (χ3v) is 3.26. The van der Waals surface area contributed by atoms with Gasteiger partial charge in [-0.3, -0.25) is 14.9 Å². The van der Waals surface area contributed by atoms with Gasteiger partial charge in [-0.2, -0.15) is 0 Å². The normalized spacial score (nSPS) is 9.96. The van der Waals surface area contributed by atoms with Crippen molar-refractivity contribution in [2.45, 2.75) is 0 Å². The molecule has 2 aromatic rings. The first kappa shape index (κ1) is 17.1. The van der Waals surface area contributed by atoms with Crippen LogP contribution in [0.25, 0.3) is 0 Å². The Morgan fingerprint density at radius 2 is 1.54 bits per heavy atom. The zero-order valence-corrected chi connectivity index (χ0v) is 13.4. The highest BCUT2D eigenvalue weighted by molar-refractivity contribution is 6.06. The number of hydrogen-bond donors (Lipinski definition) is 1. The lowest BCUT2D eigenvalue weighted by Gasteiger charge is -2.10. The Balaban J connectivity index is 2.34. The molecule has 24 heavy (non-hydrogen) atoms. The number of hydrogen-bond acceptors (Lipinski definition) is 6. The van der Waals surface area contributed by atoms with Crippen LogP contribution in [0.2, 0.25) is 0 Å². The monoisotopic (exact) mass is 332 g/mol. The highest BCUT2D eigenvalue weighted by Crippen LogP contribution is 2.30. The van der Waals surface area contributed by atoms with Gasteiger partial charge in [0.25, 0.3) is 11.6 Å². The molecule has 0 saturated carbocycles. The second-order valence-electron chi connectivity index (χ2n) is 4.70. The van der Waals surface area contributed by atoms with Crippen molar-refractivity contribution in [2.24, 2.45) is 0 Å². The zero-order valence-electron chi connectivity index (χ0n) is 13.4. The Labute approximate surface area is 138 Å². The second-order valence-corrected chi connectivity index (χ2v) is 4.70. The van der Waals surface area contributed by atoms with Crippen LogP contribution in [-0.2, 0) is 0 Å². The van der Waals surface area contributed by atoms with Gasteiger partial charge in [0.1, 0.15) is 22.9 Å². The quantitative estimate of drug-likeness (QED) is 0.645. The first-order valence-corrected chi connectivity index (χ1v) is 6.85. The van der Waals surface area contributed by atoms with E-state index in [9.17, 15) is 14.9 Å². The van der Waals surface area contributed by atoms with Crippen LogP contribution in [-0.4, -0.2) is 32.2 Å². The largest absolute Gasteiger partial charge is 0.497 e. The summed E-state index contributed by atoms with van der Waals surface area (Å²) in [6, 6.07) is 8.80. The van der Waals surface area contributed by atoms with Gasteiger partial charge < -0.3 is 19.5 Å². The Bertz CT molecular complexity index is 753. The fourth-order valence-corrected chi connectivity index (χ4v) is 2.03. The highest BCUT2D eigenvalue weighted by atomic mass is 16.6. The van der Waals surface area contributed by atoms with E-state index in [1.807, 2.05) is 0 Å². The molecule has 2 aromatic carbocycles. The van der Waals surface area contributed by atoms with E-state index in [4.69, 9.17) is 14.2 Å². The van der Waals surface area contributed by atoms with E-state index in [1.165, 1.54) is 51.7 Å². The van der Waals surface area contributed by atoms with Crippen molar-refractivity contribution in [1.82, 2.24) is 0 Å². The molecule has 0 aromatic heterocycles. The number of anilines is 1. The molecular weight excluding hydrogens is 316 g/mol. The minimum Gasteiger partial charge on any atom is -0.497 e. The predicted octanol–water partition coefficient (Wildman–Crippen LogP) is 2.87. The number of nitrogens with one attached hydrogen (secondary N) is 1. The van der Waals surface area contributed by atoms with Gasteiger partial charge in [-0.1, -0.05) is 0 Å². The molecule has 0 saturated heterocycles. The van der Waals surface area contributed by atoms with Gasteiger partial charge in [-0.05, 0) is 24.3 Å². The summed E-state index contributed by atoms with van der Waals surface area (Å²) in [5.41, 5.74) is 0.0430. The van der Waals surface area contributed by atoms with E-state index in [1.54, 1.807) is 6.07 Å². The topological polar surface area (TPSA) is 99.9 Å². The minimum absolute atomic E-state index is 0.0626. The van der Waals surface area contributed by atoms with Crippen molar-refractivity contribution in [2.75, 3.05) is 26.6 Å². The van der Waals surface area contributed by atoms with E-state index in [2.05, 4.69) is 5.32 Å². The molecule has 0 aliphatic heterocycles. The molecule has 0 radical (unpaired) electrons. The Morgan fingerprint density at radius 3 is 2.04 bits per heavy atom. The first-order chi connectivity index (χ1) is 11.5. The van der Waals surface area contributed by atoms with E-state index >= 15 is 0 Å². The maximum absolute atomic E-state index is 12.4. The van der Waals surface area contributed by atoms with Crippen LogP contribution in [0.3, 0.4) is 0 Å². The lowest BCUT2D eigenvalue weighted by molar-refractivity contribution is -0.384. The molecule has 1 amide bonds. The van der Waals surface area contributed by atoms with Gasteiger partial charge >= 0.3 is 0 Å². The van der Waals surface area contributed by atoms with Crippen LogP contribution in [0, 0.1) is 10.1 Å². The SMILES string of the molecule is COc1cc(OC)cc(C(=O)Nc2ccc(OC)cc2[N+](=O)[O-])c1. The third kappa shape index (κ3) is 3.72. The lowest BCUT2D eigenvalue weighted by atomic mass is 10.1. The molecule has 0 spiro atoms. The maximum Gasteiger partial charge on any atom is 0.296 e. The summed E-state index contributed by atoms with van der Waals surface area (Å²) in [4.78, 5) is 23.0. The molecule has 0 bridgehead atoms. The number of carbonyl (C=O) groups excluding carboxylic acids is 1. The van der Waals surface area contributed by atoms with Crippen molar-refractivity contribution in [3.8, 4) is 17.2 Å². The number of nitro benzene ring substituents is 1. The molecule has 8 heteroatoms.